The first-order chi connectivity index (χ1) is 16.7. The lowest BCUT2D eigenvalue weighted by Crippen LogP contribution is -2.06. The SMILES string of the molecule is CC(=O)COc1cccc(-c2ccccc2-c2nc(-c3ccccc3)c(-c3ccccc3)[nH]2)c1. The number of ether oxygens (including phenoxy) is 1. The molecule has 0 saturated heterocycles. The summed E-state index contributed by atoms with van der Waals surface area (Å²) in [5.74, 6) is 1.45. The Morgan fingerprint density at radius 1 is 0.735 bits per heavy atom. The molecular weight excluding hydrogens is 420 g/mol. The highest BCUT2D eigenvalue weighted by Gasteiger charge is 2.17. The third-order valence-electron chi connectivity index (χ3n) is 5.58. The zero-order chi connectivity index (χ0) is 23.3. The fourth-order valence-corrected chi connectivity index (χ4v) is 4.00. The quantitative estimate of drug-likeness (QED) is 0.293. The first-order valence-electron chi connectivity index (χ1n) is 11.2. The number of hydrogen-bond acceptors (Lipinski definition) is 3. The van der Waals surface area contributed by atoms with Gasteiger partial charge in [0.25, 0.3) is 0 Å². The molecule has 0 unspecified atom stereocenters. The minimum atomic E-state index is -0.0109. The van der Waals surface area contributed by atoms with Gasteiger partial charge < -0.3 is 9.72 Å². The van der Waals surface area contributed by atoms with Crippen molar-refractivity contribution >= 4 is 5.78 Å². The molecule has 4 heteroatoms. The van der Waals surface area contributed by atoms with Crippen LogP contribution in [0.5, 0.6) is 5.75 Å². The van der Waals surface area contributed by atoms with E-state index in [0.717, 1.165) is 45.0 Å². The van der Waals surface area contributed by atoms with E-state index < -0.39 is 0 Å². The van der Waals surface area contributed by atoms with Gasteiger partial charge in [0.05, 0.1) is 11.4 Å². The van der Waals surface area contributed by atoms with Crippen molar-refractivity contribution in [1.29, 1.82) is 0 Å². The van der Waals surface area contributed by atoms with Crippen molar-refractivity contribution in [2.45, 2.75) is 6.92 Å². The van der Waals surface area contributed by atoms with Gasteiger partial charge in [0.2, 0.25) is 0 Å². The maximum Gasteiger partial charge on any atom is 0.167 e. The summed E-state index contributed by atoms with van der Waals surface area (Å²) in [6, 6.07) is 36.5. The van der Waals surface area contributed by atoms with Crippen molar-refractivity contribution in [3.8, 4) is 50.8 Å². The molecule has 0 bridgehead atoms. The van der Waals surface area contributed by atoms with Crippen LogP contribution in [0.15, 0.2) is 109 Å². The summed E-state index contributed by atoms with van der Waals surface area (Å²) in [6.45, 7) is 1.58. The van der Waals surface area contributed by atoms with Gasteiger partial charge in [0.1, 0.15) is 18.2 Å². The van der Waals surface area contributed by atoms with E-state index in [2.05, 4.69) is 41.4 Å². The van der Waals surface area contributed by atoms with Crippen molar-refractivity contribution in [3.63, 3.8) is 0 Å². The summed E-state index contributed by atoms with van der Waals surface area (Å²) >= 11 is 0. The predicted octanol–water partition coefficient (Wildman–Crippen LogP) is 7.05. The molecule has 5 rings (SSSR count). The summed E-state index contributed by atoms with van der Waals surface area (Å²) in [4.78, 5) is 20.0. The summed E-state index contributed by atoms with van der Waals surface area (Å²) in [5, 5.41) is 0. The second kappa shape index (κ2) is 9.59. The number of nitrogens with zero attached hydrogens (tertiary/aromatic N) is 1. The lowest BCUT2D eigenvalue weighted by atomic mass is 9.99. The Bertz CT molecular complexity index is 1370. The molecule has 1 heterocycles. The van der Waals surface area contributed by atoms with Crippen LogP contribution < -0.4 is 4.74 Å². The largest absolute Gasteiger partial charge is 0.486 e. The van der Waals surface area contributed by atoms with Crippen molar-refractivity contribution in [2.24, 2.45) is 0 Å². The molecule has 0 radical (unpaired) electrons. The van der Waals surface area contributed by atoms with Gasteiger partial charge in [0.15, 0.2) is 5.78 Å². The van der Waals surface area contributed by atoms with Crippen molar-refractivity contribution in [3.05, 3.63) is 109 Å². The van der Waals surface area contributed by atoms with E-state index in [-0.39, 0.29) is 12.4 Å². The highest BCUT2D eigenvalue weighted by atomic mass is 16.5. The van der Waals surface area contributed by atoms with Gasteiger partial charge in [-0.05, 0) is 30.2 Å². The Hall–Kier alpha value is -4.44. The number of ketones is 1. The van der Waals surface area contributed by atoms with Crippen LogP contribution in [0.25, 0.3) is 45.0 Å². The molecule has 0 amide bonds. The van der Waals surface area contributed by atoms with E-state index in [0.29, 0.717) is 5.75 Å². The molecular formula is C30H24N2O2. The van der Waals surface area contributed by atoms with E-state index in [1.165, 1.54) is 6.92 Å². The number of benzene rings is 4. The number of carbonyl (C=O) groups is 1. The molecule has 4 nitrogen and oxygen atoms in total. The Kier molecular flexibility index (Phi) is 6.04. The summed E-state index contributed by atoms with van der Waals surface area (Å²) < 4.78 is 5.64. The van der Waals surface area contributed by atoms with Crippen molar-refractivity contribution in [1.82, 2.24) is 9.97 Å². The highest BCUT2D eigenvalue weighted by molar-refractivity contribution is 5.86. The van der Waals surface area contributed by atoms with Crippen LogP contribution in [0.4, 0.5) is 0 Å². The fourth-order valence-electron chi connectivity index (χ4n) is 4.00. The molecule has 0 fully saturated rings. The summed E-state index contributed by atoms with van der Waals surface area (Å²) in [7, 11) is 0. The Morgan fingerprint density at radius 2 is 1.35 bits per heavy atom. The van der Waals surface area contributed by atoms with Crippen LogP contribution in [0, 0.1) is 0 Å². The van der Waals surface area contributed by atoms with Gasteiger partial charge in [0, 0.05) is 16.7 Å². The van der Waals surface area contributed by atoms with E-state index in [1.54, 1.807) is 0 Å². The van der Waals surface area contributed by atoms with Crippen LogP contribution in [-0.4, -0.2) is 22.4 Å². The van der Waals surface area contributed by atoms with Gasteiger partial charge >= 0.3 is 0 Å². The number of imidazole rings is 1. The Labute approximate surface area is 198 Å². The normalized spacial score (nSPS) is 10.7. The second-order valence-electron chi connectivity index (χ2n) is 8.11. The number of H-pyrrole nitrogens is 1. The van der Waals surface area contributed by atoms with Crippen LogP contribution in [0.2, 0.25) is 0 Å². The average molecular weight is 445 g/mol. The predicted molar refractivity (Wildman–Crippen MR) is 137 cm³/mol. The smallest absolute Gasteiger partial charge is 0.167 e. The zero-order valence-corrected chi connectivity index (χ0v) is 18.9. The zero-order valence-electron chi connectivity index (χ0n) is 18.9. The van der Waals surface area contributed by atoms with Crippen LogP contribution in [-0.2, 0) is 4.79 Å². The Balaban J connectivity index is 1.62. The molecule has 0 aliphatic carbocycles. The molecule has 5 aromatic rings. The van der Waals surface area contributed by atoms with E-state index in [9.17, 15) is 4.79 Å². The first-order valence-corrected chi connectivity index (χ1v) is 11.2. The van der Waals surface area contributed by atoms with Crippen LogP contribution in [0.1, 0.15) is 6.92 Å². The van der Waals surface area contributed by atoms with Gasteiger partial charge in [-0.2, -0.15) is 0 Å². The number of aromatic amines is 1. The maximum atomic E-state index is 11.3. The van der Waals surface area contributed by atoms with E-state index in [4.69, 9.17) is 9.72 Å². The van der Waals surface area contributed by atoms with E-state index in [1.807, 2.05) is 72.8 Å². The molecule has 0 saturated carbocycles. The average Bonchev–Trinajstić information content (AvgIpc) is 3.34. The van der Waals surface area contributed by atoms with Crippen LogP contribution >= 0.6 is 0 Å². The number of nitrogens with one attached hydrogen (secondary N) is 1. The number of rotatable bonds is 7. The topological polar surface area (TPSA) is 55.0 Å². The fraction of sp³-hybridized carbons (Fsp3) is 0.0667. The van der Waals surface area contributed by atoms with Gasteiger partial charge in [-0.3, -0.25) is 4.79 Å². The number of aromatic nitrogens is 2. The first kappa shape index (κ1) is 21.4. The number of carbonyl (C=O) groups excluding carboxylic acids is 1. The minimum absolute atomic E-state index is 0.0109. The molecule has 4 aromatic carbocycles. The number of Topliss-reactive ketones (excluding diaryl/α,β-unsaturated/α-hetero) is 1. The molecule has 0 spiro atoms. The van der Waals surface area contributed by atoms with Gasteiger partial charge in [-0.25, -0.2) is 4.98 Å². The molecule has 166 valence electrons. The molecule has 1 N–H and O–H groups in total. The monoisotopic (exact) mass is 444 g/mol. The molecule has 0 aliphatic heterocycles. The molecule has 34 heavy (non-hydrogen) atoms. The molecule has 1 aromatic heterocycles. The van der Waals surface area contributed by atoms with Crippen molar-refractivity contribution in [2.75, 3.05) is 6.61 Å². The lowest BCUT2D eigenvalue weighted by molar-refractivity contribution is -0.118. The molecule has 0 atom stereocenters. The Morgan fingerprint density at radius 3 is 2.06 bits per heavy atom. The third kappa shape index (κ3) is 4.52. The molecule has 0 aliphatic rings. The highest BCUT2D eigenvalue weighted by Crippen LogP contribution is 2.37. The summed E-state index contributed by atoms with van der Waals surface area (Å²) in [5.41, 5.74) is 7.05. The maximum absolute atomic E-state index is 11.3. The number of hydrogen-bond donors (Lipinski definition) is 1. The van der Waals surface area contributed by atoms with Crippen molar-refractivity contribution < 1.29 is 9.53 Å². The summed E-state index contributed by atoms with van der Waals surface area (Å²) in [6.07, 6.45) is 0. The van der Waals surface area contributed by atoms with Gasteiger partial charge in [-0.1, -0.05) is 97.1 Å². The standard InChI is InChI=1S/C30H24N2O2/c1-21(33)20-34-25-16-10-15-24(19-25)26-17-8-9-18-27(26)30-31-28(22-11-4-2-5-12-22)29(32-30)23-13-6-3-7-14-23/h2-19H,20H2,1H3,(H,31,32). The van der Waals surface area contributed by atoms with E-state index >= 15 is 0 Å². The second-order valence-corrected chi connectivity index (χ2v) is 8.11. The van der Waals surface area contributed by atoms with Crippen LogP contribution in [0.3, 0.4) is 0 Å². The minimum Gasteiger partial charge on any atom is -0.486 e. The lowest BCUT2D eigenvalue weighted by Gasteiger charge is -2.10. The third-order valence-corrected chi connectivity index (χ3v) is 5.58. The van der Waals surface area contributed by atoms with Gasteiger partial charge in [-0.15, -0.1) is 0 Å².